The van der Waals surface area contributed by atoms with E-state index in [1.807, 2.05) is 16.7 Å². The van der Waals surface area contributed by atoms with Crippen LogP contribution in [-0.2, 0) is 6.54 Å². The van der Waals surface area contributed by atoms with Gasteiger partial charge in [0, 0.05) is 36.3 Å². The first-order chi connectivity index (χ1) is 15.3. The number of aryl methyl sites for hydroxylation is 1. The average molecular weight is 457 g/mol. The summed E-state index contributed by atoms with van der Waals surface area (Å²) in [5.41, 5.74) is 2.44. The number of nitrogens with one attached hydrogen (secondary N) is 2. The molecule has 3 aliphatic rings. The monoisotopic (exact) mass is 456 g/mol. The number of piperazine rings is 1. The Morgan fingerprint density at radius 2 is 2.00 bits per heavy atom. The Kier molecular flexibility index (Phi) is 6.18. The molecule has 4 heterocycles. The molecule has 0 radical (unpaired) electrons. The summed E-state index contributed by atoms with van der Waals surface area (Å²) >= 11 is 0. The second-order valence-electron chi connectivity index (χ2n) is 9.26. The van der Waals surface area contributed by atoms with Crippen molar-refractivity contribution in [1.29, 1.82) is 0 Å². The normalized spacial score (nSPS) is 24.3. The standard InChI is InChI=1S/C23H29FN6O2.CH4/c1-13-9-16(6-7-19(13)24)22(31)25-21-18-12-30(15(3)20(18)26-27-21)23(32)29-11-17-5-4-8-28(17)10-14(29)2;/h6-7,9,14-15,17H,4-5,8,10-12H2,1-3H3,(H2,25,26,27,31);1H4/t14-,15?,17-;/m0./s1. The molecule has 33 heavy (non-hydrogen) atoms. The van der Waals surface area contributed by atoms with Crippen LogP contribution in [0.4, 0.5) is 15.0 Å². The molecule has 3 atom stereocenters. The highest BCUT2D eigenvalue weighted by atomic mass is 19.1. The molecule has 0 spiro atoms. The molecule has 3 amide bonds. The summed E-state index contributed by atoms with van der Waals surface area (Å²) in [4.78, 5) is 32.5. The fourth-order valence-corrected chi connectivity index (χ4v) is 5.27. The molecule has 9 heteroatoms. The minimum atomic E-state index is -0.356. The summed E-state index contributed by atoms with van der Waals surface area (Å²) in [6.45, 7) is 8.92. The van der Waals surface area contributed by atoms with Crippen LogP contribution in [0.1, 0.15) is 67.3 Å². The fourth-order valence-electron chi connectivity index (χ4n) is 5.27. The highest BCUT2D eigenvalue weighted by Crippen LogP contribution is 2.37. The molecule has 1 aromatic heterocycles. The van der Waals surface area contributed by atoms with Crippen molar-refractivity contribution in [2.24, 2.45) is 0 Å². The van der Waals surface area contributed by atoms with Gasteiger partial charge in [0.25, 0.3) is 5.91 Å². The molecule has 8 nitrogen and oxygen atoms in total. The van der Waals surface area contributed by atoms with E-state index in [2.05, 4.69) is 27.3 Å². The van der Waals surface area contributed by atoms with E-state index in [0.29, 0.717) is 29.5 Å². The average Bonchev–Trinajstić information content (AvgIpc) is 3.46. The number of fused-ring (bicyclic) bond motifs is 2. The maximum Gasteiger partial charge on any atom is 0.321 e. The Hall–Kier alpha value is -2.94. The Morgan fingerprint density at radius 1 is 1.21 bits per heavy atom. The molecular formula is C24H33FN6O2. The summed E-state index contributed by atoms with van der Waals surface area (Å²) in [7, 11) is 0. The van der Waals surface area contributed by atoms with E-state index in [-0.39, 0.29) is 37.3 Å². The Labute approximate surface area is 194 Å². The van der Waals surface area contributed by atoms with E-state index in [1.165, 1.54) is 24.6 Å². The van der Waals surface area contributed by atoms with E-state index in [0.717, 1.165) is 37.3 Å². The second kappa shape index (κ2) is 8.78. The van der Waals surface area contributed by atoms with E-state index in [1.54, 1.807) is 6.92 Å². The smallest absolute Gasteiger partial charge is 0.319 e. The molecule has 2 fully saturated rings. The topological polar surface area (TPSA) is 84.6 Å². The van der Waals surface area contributed by atoms with Crippen LogP contribution in [0.25, 0.3) is 0 Å². The molecule has 178 valence electrons. The van der Waals surface area contributed by atoms with Crippen molar-refractivity contribution in [2.75, 3.05) is 25.0 Å². The van der Waals surface area contributed by atoms with Crippen LogP contribution >= 0.6 is 0 Å². The zero-order valence-corrected chi connectivity index (χ0v) is 18.7. The van der Waals surface area contributed by atoms with Crippen molar-refractivity contribution < 1.29 is 14.0 Å². The first kappa shape index (κ1) is 23.2. The van der Waals surface area contributed by atoms with Crippen molar-refractivity contribution in [3.05, 3.63) is 46.4 Å². The van der Waals surface area contributed by atoms with Gasteiger partial charge in [-0.3, -0.25) is 14.8 Å². The number of amides is 3. The number of carbonyl (C=O) groups is 2. The number of H-pyrrole nitrogens is 1. The molecular weight excluding hydrogens is 423 g/mol. The molecule has 2 N–H and O–H groups in total. The Bertz CT molecular complexity index is 1070. The maximum atomic E-state index is 13.5. The molecule has 2 saturated heterocycles. The van der Waals surface area contributed by atoms with Crippen LogP contribution < -0.4 is 5.32 Å². The van der Waals surface area contributed by atoms with E-state index >= 15 is 0 Å². The zero-order valence-electron chi connectivity index (χ0n) is 18.7. The van der Waals surface area contributed by atoms with Gasteiger partial charge >= 0.3 is 6.03 Å². The van der Waals surface area contributed by atoms with Crippen LogP contribution in [0.2, 0.25) is 0 Å². The van der Waals surface area contributed by atoms with Crippen LogP contribution in [0.5, 0.6) is 0 Å². The number of carbonyl (C=O) groups excluding carboxylic acids is 2. The fraction of sp³-hybridized carbons (Fsp3) is 0.542. The lowest BCUT2D eigenvalue weighted by atomic mass is 10.1. The minimum absolute atomic E-state index is 0. The summed E-state index contributed by atoms with van der Waals surface area (Å²) in [5, 5.41) is 10.1. The highest BCUT2D eigenvalue weighted by Gasteiger charge is 2.42. The molecule has 0 aliphatic carbocycles. The largest absolute Gasteiger partial charge is 0.321 e. The van der Waals surface area contributed by atoms with Gasteiger partial charge in [-0.15, -0.1) is 0 Å². The molecule has 5 rings (SSSR count). The molecule has 2 aromatic rings. The van der Waals surface area contributed by atoms with E-state index in [4.69, 9.17) is 0 Å². The minimum Gasteiger partial charge on any atom is -0.319 e. The number of hydrogen-bond donors (Lipinski definition) is 2. The molecule has 3 aliphatic heterocycles. The summed E-state index contributed by atoms with van der Waals surface area (Å²) in [5.74, 6) is -0.286. The lowest BCUT2D eigenvalue weighted by Gasteiger charge is -2.44. The van der Waals surface area contributed by atoms with Crippen LogP contribution in [0.15, 0.2) is 18.2 Å². The van der Waals surface area contributed by atoms with Gasteiger partial charge in [-0.2, -0.15) is 5.10 Å². The number of halogens is 1. The second-order valence-corrected chi connectivity index (χ2v) is 9.26. The van der Waals surface area contributed by atoms with E-state index in [9.17, 15) is 14.0 Å². The van der Waals surface area contributed by atoms with Gasteiger partial charge in [0.2, 0.25) is 0 Å². The quantitative estimate of drug-likeness (QED) is 0.718. The lowest BCUT2D eigenvalue weighted by Crippen LogP contribution is -2.59. The third-order valence-corrected chi connectivity index (χ3v) is 7.19. The number of rotatable bonds is 2. The maximum absolute atomic E-state index is 13.5. The predicted molar refractivity (Wildman–Crippen MR) is 125 cm³/mol. The molecule has 0 saturated carbocycles. The number of aromatic amines is 1. The van der Waals surface area contributed by atoms with Crippen molar-refractivity contribution in [3.63, 3.8) is 0 Å². The predicted octanol–water partition coefficient (Wildman–Crippen LogP) is 3.91. The number of nitrogens with zero attached hydrogens (tertiary/aromatic N) is 4. The molecule has 0 bridgehead atoms. The highest BCUT2D eigenvalue weighted by molar-refractivity contribution is 6.04. The van der Waals surface area contributed by atoms with Crippen molar-refractivity contribution in [2.45, 2.75) is 65.7 Å². The summed E-state index contributed by atoms with van der Waals surface area (Å²) in [6, 6.07) is 4.76. The van der Waals surface area contributed by atoms with Gasteiger partial charge in [-0.25, -0.2) is 9.18 Å². The summed E-state index contributed by atoms with van der Waals surface area (Å²) in [6.07, 6.45) is 2.35. The van der Waals surface area contributed by atoms with Crippen LogP contribution in [0, 0.1) is 12.7 Å². The summed E-state index contributed by atoms with van der Waals surface area (Å²) < 4.78 is 13.5. The zero-order chi connectivity index (χ0) is 22.6. The van der Waals surface area contributed by atoms with Gasteiger partial charge < -0.3 is 15.1 Å². The number of aromatic nitrogens is 2. The van der Waals surface area contributed by atoms with Gasteiger partial charge in [0.05, 0.1) is 18.3 Å². The Balaban J connectivity index is 0.00000259. The molecule has 1 unspecified atom stereocenters. The van der Waals surface area contributed by atoms with Crippen LogP contribution in [0.3, 0.4) is 0 Å². The van der Waals surface area contributed by atoms with E-state index < -0.39 is 0 Å². The van der Waals surface area contributed by atoms with Gasteiger partial charge in [0.1, 0.15) is 5.82 Å². The number of benzene rings is 1. The number of urea groups is 1. The first-order valence-corrected chi connectivity index (χ1v) is 11.3. The number of hydrogen-bond acceptors (Lipinski definition) is 4. The van der Waals surface area contributed by atoms with Gasteiger partial charge in [-0.05, 0) is 63.9 Å². The van der Waals surface area contributed by atoms with Crippen molar-refractivity contribution >= 4 is 17.8 Å². The number of anilines is 1. The lowest BCUT2D eigenvalue weighted by molar-refractivity contribution is 0.0580. The van der Waals surface area contributed by atoms with Gasteiger partial charge in [-0.1, -0.05) is 7.43 Å². The van der Waals surface area contributed by atoms with Gasteiger partial charge in [0.15, 0.2) is 5.82 Å². The van der Waals surface area contributed by atoms with Crippen molar-refractivity contribution in [1.82, 2.24) is 24.9 Å². The third-order valence-electron chi connectivity index (χ3n) is 7.19. The molecule has 1 aromatic carbocycles. The van der Waals surface area contributed by atoms with Crippen LogP contribution in [-0.4, -0.2) is 68.6 Å². The SMILES string of the molecule is C.Cc1cc(C(=O)Nc2n[nH]c3c2CN(C(=O)N2C[C@@H]4CCCN4C[C@@H]2C)C3C)ccc1F. The first-order valence-electron chi connectivity index (χ1n) is 11.3. The third kappa shape index (κ3) is 3.99. The Morgan fingerprint density at radius 3 is 2.76 bits per heavy atom. The van der Waals surface area contributed by atoms with Crippen molar-refractivity contribution in [3.8, 4) is 0 Å².